The highest BCUT2D eigenvalue weighted by Crippen LogP contribution is 2.30. The fourth-order valence-corrected chi connectivity index (χ4v) is 1.69. The Morgan fingerprint density at radius 2 is 2.30 bits per heavy atom. The van der Waals surface area contributed by atoms with E-state index in [9.17, 15) is 0 Å². The summed E-state index contributed by atoms with van der Waals surface area (Å²) in [4.78, 5) is 0. The highest BCUT2D eigenvalue weighted by molar-refractivity contribution is 4.83. The number of hydrogen-bond acceptors (Lipinski definition) is 1. The van der Waals surface area contributed by atoms with Gasteiger partial charge in [-0.05, 0) is 24.8 Å². The van der Waals surface area contributed by atoms with E-state index in [0.717, 1.165) is 0 Å². The van der Waals surface area contributed by atoms with Gasteiger partial charge in [-0.25, -0.2) is 0 Å². The lowest BCUT2D eigenvalue weighted by molar-refractivity contribution is 0.323. The summed E-state index contributed by atoms with van der Waals surface area (Å²) in [6.07, 6.45) is 5.54. The SMILES string of the molecule is CCCC[C@@]1(C)CCNC1. The molecule has 1 heteroatoms. The van der Waals surface area contributed by atoms with Crippen molar-refractivity contribution in [2.75, 3.05) is 13.1 Å². The Hall–Kier alpha value is -0.0400. The number of rotatable bonds is 3. The van der Waals surface area contributed by atoms with Crippen LogP contribution in [0.15, 0.2) is 0 Å². The second-order valence-corrected chi connectivity index (χ2v) is 3.84. The molecule has 0 aromatic carbocycles. The van der Waals surface area contributed by atoms with Crippen LogP contribution in [0.5, 0.6) is 0 Å². The molecule has 0 aromatic rings. The van der Waals surface area contributed by atoms with Gasteiger partial charge in [0.2, 0.25) is 0 Å². The molecule has 0 bridgehead atoms. The van der Waals surface area contributed by atoms with E-state index in [1.165, 1.54) is 38.8 Å². The summed E-state index contributed by atoms with van der Waals surface area (Å²) in [6.45, 7) is 7.15. The highest BCUT2D eigenvalue weighted by atomic mass is 14.9. The van der Waals surface area contributed by atoms with Crippen molar-refractivity contribution in [1.82, 2.24) is 5.32 Å². The quantitative estimate of drug-likeness (QED) is 0.635. The fourth-order valence-electron chi connectivity index (χ4n) is 1.69. The van der Waals surface area contributed by atoms with Gasteiger partial charge in [0.15, 0.2) is 0 Å². The van der Waals surface area contributed by atoms with Gasteiger partial charge < -0.3 is 5.32 Å². The third-order valence-corrected chi connectivity index (χ3v) is 2.59. The predicted molar refractivity (Wildman–Crippen MR) is 45.1 cm³/mol. The van der Waals surface area contributed by atoms with Crippen molar-refractivity contribution < 1.29 is 0 Å². The minimum absolute atomic E-state index is 0.635. The molecule has 1 saturated heterocycles. The van der Waals surface area contributed by atoms with E-state index in [4.69, 9.17) is 0 Å². The van der Waals surface area contributed by atoms with Crippen molar-refractivity contribution >= 4 is 0 Å². The van der Waals surface area contributed by atoms with E-state index < -0.39 is 0 Å². The molecular weight excluding hydrogens is 122 g/mol. The summed E-state index contributed by atoms with van der Waals surface area (Å²) in [5, 5.41) is 3.42. The molecule has 0 radical (unpaired) electrons. The van der Waals surface area contributed by atoms with Crippen LogP contribution in [0, 0.1) is 5.41 Å². The third kappa shape index (κ3) is 1.98. The molecule has 0 aliphatic carbocycles. The van der Waals surface area contributed by atoms with Gasteiger partial charge in [0, 0.05) is 6.54 Å². The molecule has 1 aliphatic heterocycles. The lowest BCUT2D eigenvalue weighted by Crippen LogP contribution is -2.19. The molecule has 1 nitrogen and oxygen atoms in total. The van der Waals surface area contributed by atoms with Crippen LogP contribution in [0.1, 0.15) is 39.5 Å². The minimum Gasteiger partial charge on any atom is -0.316 e. The zero-order valence-corrected chi connectivity index (χ0v) is 7.24. The monoisotopic (exact) mass is 141 g/mol. The zero-order chi connectivity index (χ0) is 7.45. The maximum absolute atomic E-state index is 3.42. The molecule has 0 spiro atoms. The maximum Gasteiger partial charge on any atom is 0.000564 e. The first-order chi connectivity index (χ1) is 4.77. The van der Waals surface area contributed by atoms with Crippen molar-refractivity contribution in [2.24, 2.45) is 5.41 Å². The molecule has 0 aromatic heterocycles. The molecule has 1 aliphatic rings. The Labute approximate surface area is 64.2 Å². The average Bonchev–Trinajstić information content (AvgIpc) is 2.33. The Kier molecular flexibility index (Phi) is 2.72. The van der Waals surface area contributed by atoms with Crippen LogP contribution in [-0.4, -0.2) is 13.1 Å². The van der Waals surface area contributed by atoms with Gasteiger partial charge in [0.25, 0.3) is 0 Å². The fraction of sp³-hybridized carbons (Fsp3) is 1.00. The number of nitrogens with one attached hydrogen (secondary N) is 1. The molecule has 1 fully saturated rings. The Bertz CT molecular complexity index is 92.9. The molecule has 1 heterocycles. The van der Waals surface area contributed by atoms with E-state index in [2.05, 4.69) is 19.2 Å². The summed E-state index contributed by atoms with van der Waals surface area (Å²) >= 11 is 0. The largest absolute Gasteiger partial charge is 0.316 e. The first-order valence-electron chi connectivity index (χ1n) is 4.47. The average molecular weight is 141 g/mol. The van der Waals surface area contributed by atoms with Crippen molar-refractivity contribution in [3.05, 3.63) is 0 Å². The smallest absolute Gasteiger partial charge is 0.000564 e. The molecule has 10 heavy (non-hydrogen) atoms. The maximum atomic E-state index is 3.42. The van der Waals surface area contributed by atoms with Gasteiger partial charge in [-0.15, -0.1) is 0 Å². The zero-order valence-electron chi connectivity index (χ0n) is 7.24. The van der Waals surface area contributed by atoms with Crippen LogP contribution in [0.2, 0.25) is 0 Å². The first kappa shape index (κ1) is 8.06. The minimum atomic E-state index is 0.635. The van der Waals surface area contributed by atoms with Crippen molar-refractivity contribution in [3.63, 3.8) is 0 Å². The van der Waals surface area contributed by atoms with E-state index in [0.29, 0.717) is 5.41 Å². The molecule has 1 N–H and O–H groups in total. The summed E-state index contributed by atoms with van der Waals surface area (Å²) in [5.41, 5.74) is 0.635. The van der Waals surface area contributed by atoms with E-state index >= 15 is 0 Å². The molecule has 1 atom stereocenters. The van der Waals surface area contributed by atoms with Crippen LogP contribution in [-0.2, 0) is 0 Å². The van der Waals surface area contributed by atoms with Crippen LogP contribution in [0.3, 0.4) is 0 Å². The van der Waals surface area contributed by atoms with Crippen molar-refractivity contribution in [1.29, 1.82) is 0 Å². The normalized spacial score (nSPS) is 33.0. The molecule has 0 amide bonds. The van der Waals surface area contributed by atoms with Gasteiger partial charge in [0.05, 0.1) is 0 Å². The van der Waals surface area contributed by atoms with Gasteiger partial charge in [0.1, 0.15) is 0 Å². The standard InChI is InChI=1S/C9H19N/c1-3-4-5-9(2)6-7-10-8-9/h10H,3-8H2,1-2H3/t9-/m0/s1. The molecule has 60 valence electrons. The molecule has 1 rings (SSSR count). The van der Waals surface area contributed by atoms with Gasteiger partial charge in [-0.1, -0.05) is 26.7 Å². The van der Waals surface area contributed by atoms with Crippen molar-refractivity contribution in [2.45, 2.75) is 39.5 Å². The summed E-state index contributed by atoms with van der Waals surface area (Å²) in [7, 11) is 0. The second kappa shape index (κ2) is 3.38. The predicted octanol–water partition coefficient (Wildman–Crippen LogP) is 2.18. The van der Waals surface area contributed by atoms with Crippen LogP contribution >= 0.6 is 0 Å². The highest BCUT2D eigenvalue weighted by Gasteiger charge is 2.26. The lowest BCUT2D eigenvalue weighted by atomic mass is 9.84. The van der Waals surface area contributed by atoms with E-state index in [1.807, 2.05) is 0 Å². The van der Waals surface area contributed by atoms with Crippen LogP contribution in [0.25, 0.3) is 0 Å². The van der Waals surface area contributed by atoms with E-state index in [1.54, 1.807) is 0 Å². The molecule has 0 saturated carbocycles. The van der Waals surface area contributed by atoms with Crippen LogP contribution < -0.4 is 5.32 Å². The summed E-state index contributed by atoms with van der Waals surface area (Å²) < 4.78 is 0. The molecule has 0 unspecified atom stereocenters. The topological polar surface area (TPSA) is 12.0 Å². The third-order valence-electron chi connectivity index (χ3n) is 2.59. The van der Waals surface area contributed by atoms with E-state index in [-0.39, 0.29) is 0 Å². The van der Waals surface area contributed by atoms with Gasteiger partial charge in [-0.2, -0.15) is 0 Å². The van der Waals surface area contributed by atoms with Gasteiger partial charge >= 0.3 is 0 Å². The molecular formula is C9H19N. The Morgan fingerprint density at radius 1 is 1.50 bits per heavy atom. The first-order valence-corrected chi connectivity index (χ1v) is 4.47. The number of unbranched alkanes of at least 4 members (excludes halogenated alkanes) is 1. The Balaban J connectivity index is 2.22. The Morgan fingerprint density at radius 3 is 2.80 bits per heavy atom. The second-order valence-electron chi connectivity index (χ2n) is 3.84. The summed E-state index contributed by atoms with van der Waals surface area (Å²) in [5.74, 6) is 0. The van der Waals surface area contributed by atoms with Crippen molar-refractivity contribution in [3.8, 4) is 0 Å². The summed E-state index contributed by atoms with van der Waals surface area (Å²) in [6, 6.07) is 0. The lowest BCUT2D eigenvalue weighted by Gasteiger charge is -2.21. The number of hydrogen-bond donors (Lipinski definition) is 1. The van der Waals surface area contributed by atoms with Crippen LogP contribution in [0.4, 0.5) is 0 Å². The van der Waals surface area contributed by atoms with Gasteiger partial charge in [-0.3, -0.25) is 0 Å².